The summed E-state index contributed by atoms with van der Waals surface area (Å²) >= 11 is 0.786. The molecule has 0 radical (unpaired) electrons. The number of H-pyrrole nitrogens is 1. The van der Waals surface area contributed by atoms with Gasteiger partial charge in [0.15, 0.2) is 10.1 Å². The van der Waals surface area contributed by atoms with Crippen LogP contribution in [0.1, 0.15) is 0 Å². The van der Waals surface area contributed by atoms with Crippen LogP contribution in [0.15, 0.2) is 68.4 Å². The molecule has 162 valence electrons. The molecule has 0 aliphatic carbocycles. The first kappa shape index (κ1) is 22.4. The van der Waals surface area contributed by atoms with Crippen LogP contribution < -0.4 is 15.6 Å². The number of thioether (sulfide) groups is 1. The standard InChI is InChI=1S/C19H15F2N3O5S2/c1-29-12-3-5-13(6-4-12)31(27,28)16-9-22-19(24-18(16)26)30-10-17(25)23-15-8-11(20)2-7-14(15)21/h2-9H,10H2,1H3,(H,23,25)(H,22,24,26). The van der Waals surface area contributed by atoms with Crippen molar-refractivity contribution in [3.8, 4) is 5.75 Å². The highest BCUT2D eigenvalue weighted by Gasteiger charge is 2.22. The van der Waals surface area contributed by atoms with Crippen molar-refractivity contribution in [1.29, 1.82) is 0 Å². The summed E-state index contributed by atoms with van der Waals surface area (Å²) in [5.41, 5.74) is -1.24. The average Bonchev–Trinajstić information content (AvgIpc) is 2.74. The Bertz CT molecular complexity index is 1280. The molecule has 3 aromatic rings. The highest BCUT2D eigenvalue weighted by molar-refractivity contribution is 7.99. The molecule has 0 fully saturated rings. The van der Waals surface area contributed by atoms with Crippen LogP contribution in [0.25, 0.3) is 0 Å². The van der Waals surface area contributed by atoms with Gasteiger partial charge < -0.3 is 15.0 Å². The van der Waals surface area contributed by atoms with Crippen LogP contribution in [0.2, 0.25) is 0 Å². The van der Waals surface area contributed by atoms with E-state index in [0.29, 0.717) is 5.75 Å². The van der Waals surface area contributed by atoms with Crippen LogP contribution >= 0.6 is 11.8 Å². The summed E-state index contributed by atoms with van der Waals surface area (Å²) in [5.74, 6) is -2.03. The normalized spacial score (nSPS) is 11.2. The predicted molar refractivity (Wildman–Crippen MR) is 109 cm³/mol. The smallest absolute Gasteiger partial charge is 0.270 e. The van der Waals surface area contributed by atoms with Crippen molar-refractivity contribution >= 4 is 33.2 Å². The summed E-state index contributed by atoms with van der Waals surface area (Å²) in [6.07, 6.45) is 0.894. The SMILES string of the molecule is COc1ccc(S(=O)(=O)c2cnc(SCC(=O)Nc3cc(F)ccc3F)[nH]c2=O)cc1. The third-order valence-electron chi connectivity index (χ3n) is 3.95. The van der Waals surface area contributed by atoms with Gasteiger partial charge in [-0.25, -0.2) is 22.2 Å². The molecule has 1 amide bonds. The van der Waals surface area contributed by atoms with Gasteiger partial charge in [0, 0.05) is 6.07 Å². The molecule has 2 N–H and O–H groups in total. The number of halogens is 2. The van der Waals surface area contributed by atoms with Crippen molar-refractivity contribution in [3.05, 3.63) is 70.6 Å². The summed E-state index contributed by atoms with van der Waals surface area (Å²) < 4.78 is 57.0. The number of hydrogen-bond donors (Lipinski definition) is 2. The fourth-order valence-corrected chi connectivity index (χ4v) is 4.29. The van der Waals surface area contributed by atoms with Gasteiger partial charge in [-0.05, 0) is 36.4 Å². The maximum Gasteiger partial charge on any atom is 0.270 e. The van der Waals surface area contributed by atoms with E-state index in [0.717, 1.165) is 36.2 Å². The van der Waals surface area contributed by atoms with E-state index in [1.165, 1.54) is 31.4 Å². The third-order valence-corrected chi connectivity index (χ3v) is 6.60. The van der Waals surface area contributed by atoms with Gasteiger partial charge in [0.2, 0.25) is 15.7 Å². The van der Waals surface area contributed by atoms with Gasteiger partial charge >= 0.3 is 0 Å². The lowest BCUT2D eigenvalue weighted by Crippen LogP contribution is -2.20. The Labute approximate surface area is 179 Å². The molecule has 12 heteroatoms. The molecule has 0 aliphatic rings. The van der Waals surface area contributed by atoms with Gasteiger partial charge in [0.25, 0.3) is 5.56 Å². The molecule has 0 bridgehead atoms. The molecule has 1 aromatic heterocycles. The number of carbonyl (C=O) groups is 1. The Morgan fingerprint density at radius 2 is 1.90 bits per heavy atom. The van der Waals surface area contributed by atoms with Gasteiger partial charge in [-0.2, -0.15) is 0 Å². The number of aromatic nitrogens is 2. The van der Waals surface area contributed by atoms with E-state index in [9.17, 15) is 26.8 Å². The van der Waals surface area contributed by atoms with E-state index < -0.39 is 37.8 Å². The van der Waals surface area contributed by atoms with Crippen molar-refractivity contribution in [3.63, 3.8) is 0 Å². The molecule has 0 saturated heterocycles. The maximum absolute atomic E-state index is 13.6. The van der Waals surface area contributed by atoms with E-state index in [1.807, 2.05) is 0 Å². The number of anilines is 1. The number of nitrogens with one attached hydrogen (secondary N) is 2. The number of sulfone groups is 1. The van der Waals surface area contributed by atoms with Crippen molar-refractivity contribution in [2.24, 2.45) is 0 Å². The van der Waals surface area contributed by atoms with Crippen molar-refractivity contribution in [2.45, 2.75) is 14.9 Å². The minimum atomic E-state index is -4.12. The Balaban J connectivity index is 1.71. The van der Waals surface area contributed by atoms with Gasteiger partial charge in [0.1, 0.15) is 17.4 Å². The lowest BCUT2D eigenvalue weighted by molar-refractivity contribution is -0.113. The van der Waals surface area contributed by atoms with Crippen LogP contribution in [0.3, 0.4) is 0 Å². The fraction of sp³-hybridized carbons (Fsp3) is 0.105. The Morgan fingerprint density at radius 3 is 2.55 bits per heavy atom. The Morgan fingerprint density at radius 1 is 1.19 bits per heavy atom. The first-order valence-corrected chi connectivity index (χ1v) is 11.0. The van der Waals surface area contributed by atoms with E-state index in [1.54, 1.807) is 0 Å². The third kappa shape index (κ3) is 5.27. The van der Waals surface area contributed by atoms with Crippen LogP contribution in [0.5, 0.6) is 5.75 Å². The molecule has 0 atom stereocenters. The number of rotatable bonds is 7. The molecule has 2 aromatic carbocycles. The fourth-order valence-electron chi connectivity index (χ4n) is 2.43. The molecule has 0 saturated carbocycles. The van der Waals surface area contributed by atoms with Gasteiger partial charge in [0.05, 0.1) is 29.6 Å². The molecule has 0 spiro atoms. The molecular weight excluding hydrogens is 452 g/mol. The number of hydrogen-bond acceptors (Lipinski definition) is 7. The molecule has 3 rings (SSSR count). The van der Waals surface area contributed by atoms with Gasteiger partial charge in [-0.15, -0.1) is 0 Å². The van der Waals surface area contributed by atoms with Crippen molar-refractivity contribution < 1.29 is 26.7 Å². The monoisotopic (exact) mass is 467 g/mol. The number of benzene rings is 2. The molecule has 8 nitrogen and oxygen atoms in total. The second-order valence-electron chi connectivity index (χ2n) is 6.02. The quantitative estimate of drug-likeness (QED) is 0.405. The van der Waals surface area contributed by atoms with Crippen LogP contribution in [0.4, 0.5) is 14.5 Å². The van der Waals surface area contributed by atoms with E-state index in [2.05, 4.69) is 15.3 Å². The van der Waals surface area contributed by atoms with Crippen LogP contribution in [-0.4, -0.2) is 37.2 Å². The largest absolute Gasteiger partial charge is 0.497 e. The zero-order chi connectivity index (χ0) is 22.6. The zero-order valence-electron chi connectivity index (χ0n) is 15.9. The summed E-state index contributed by atoms with van der Waals surface area (Å²) in [6, 6.07) is 8.10. The highest BCUT2D eigenvalue weighted by Crippen LogP contribution is 2.22. The minimum Gasteiger partial charge on any atom is -0.497 e. The Kier molecular flexibility index (Phi) is 6.71. The predicted octanol–water partition coefficient (Wildman–Crippen LogP) is 2.62. The van der Waals surface area contributed by atoms with Crippen molar-refractivity contribution in [1.82, 2.24) is 9.97 Å². The molecule has 0 aliphatic heterocycles. The second-order valence-corrected chi connectivity index (χ2v) is 8.90. The molecule has 0 unspecified atom stereocenters. The van der Waals surface area contributed by atoms with E-state index in [-0.39, 0.29) is 21.5 Å². The number of methoxy groups -OCH3 is 1. The van der Waals surface area contributed by atoms with Crippen molar-refractivity contribution in [2.75, 3.05) is 18.2 Å². The van der Waals surface area contributed by atoms with Crippen LogP contribution in [-0.2, 0) is 14.6 Å². The van der Waals surface area contributed by atoms with Crippen LogP contribution in [0, 0.1) is 11.6 Å². The van der Waals surface area contributed by atoms with Gasteiger partial charge in [-0.1, -0.05) is 11.8 Å². The highest BCUT2D eigenvalue weighted by atomic mass is 32.2. The summed E-state index contributed by atoms with van der Waals surface area (Å²) in [7, 11) is -2.69. The minimum absolute atomic E-state index is 0.0199. The first-order valence-electron chi connectivity index (χ1n) is 8.57. The number of amides is 1. The molecule has 1 heterocycles. The molecule has 31 heavy (non-hydrogen) atoms. The van der Waals surface area contributed by atoms with Gasteiger partial charge in [-0.3, -0.25) is 9.59 Å². The summed E-state index contributed by atoms with van der Waals surface area (Å²) in [4.78, 5) is 29.7. The Hall–Kier alpha value is -3.25. The summed E-state index contributed by atoms with van der Waals surface area (Å²) in [5, 5.41) is 2.18. The lowest BCUT2D eigenvalue weighted by atomic mass is 10.3. The number of ether oxygens (including phenoxy) is 1. The maximum atomic E-state index is 13.6. The molecular formula is C19H15F2N3O5S2. The zero-order valence-corrected chi connectivity index (χ0v) is 17.5. The number of nitrogens with zero attached hydrogens (tertiary/aromatic N) is 1. The number of carbonyl (C=O) groups excluding carboxylic acids is 1. The summed E-state index contributed by atoms with van der Waals surface area (Å²) in [6.45, 7) is 0. The lowest BCUT2D eigenvalue weighted by Gasteiger charge is -2.07. The second kappa shape index (κ2) is 9.27. The first-order chi connectivity index (χ1) is 14.7. The topological polar surface area (TPSA) is 118 Å². The van der Waals surface area contributed by atoms with E-state index >= 15 is 0 Å². The number of aromatic amines is 1. The van der Waals surface area contributed by atoms with E-state index in [4.69, 9.17) is 4.74 Å². The average molecular weight is 467 g/mol.